The molecule has 176 valence electrons. The number of benzene rings is 4. The zero-order chi connectivity index (χ0) is 24.6. The van der Waals surface area contributed by atoms with Crippen molar-refractivity contribution in [1.82, 2.24) is 0 Å². The summed E-state index contributed by atoms with van der Waals surface area (Å²) in [5.74, 6) is 1.64. The first-order valence-electron chi connectivity index (χ1n) is 10.8. The van der Waals surface area contributed by atoms with Gasteiger partial charge in [-0.3, -0.25) is 9.59 Å². The van der Waals surface area contributed by atoms with Gasteiger partial charge in [-0.25, -0.2) is 0 Å². The summed E-state index contributed by atoms with van der Waals surface area (Å²) in [4.78, 5) is 24.8. The lowest BCUT2D eigenvalue weighted by Gasteiger charge is -2.10. The van der Waals surface area contributed by atoms with Gasteiger partial charge in [0.1, 0.15) is 11.5 Å². The van der Waals surface area contributed by atoms with Gasteiger partial charge in [0.05, 0.1) is 0 Å². The zero-order valence-corrected chi connectivity index (χ0v) is 20.1. The molecular formula is C28H22Cl2N2O3. The molecule has 4 aromatic carbocycles. The summed E-state index contributed by atoms with van der Waals surface area (Å²) in [6.07, 6.45) is 0. The minimum atomic E-state index is -0.201. The van der Waals surface area contributed by atoms with Crippen molar-refractivity contribution in [1.29, 1.82) is 0 Å². The Morgan fingerprint density at radius 2 is 0.886 bits per heavy atom. The molecule has 0 aliphatic heterocycles. The van der Waals surface area contributed by atoms with Gasteiger partial charge < -0.3 is 15.4 Å². The fourth-order valence-corrected chi connectivity index (χ4v) is 3.60. The van der Waals surface area contributed by atoms with Crippen LogP contribution in [-0.4, -0.2) is 11.8 Å². The normalized spacial score (nSPS) is 10.5. The average molecular weight is 505 g/mol. The molecule has 0 radical (unpaired) electrons. The lowest BCUT2D eigenvalue weighted by molar-refractivity contribution is 0.101. The van der Waals surface area contributed by atoms with Gasteiger partial charge in [-0.05, 0) is 83.9 Å². The van der Waals surface area contributed by atoms with E-state index in [4.69, 9.17) is 27.9 Å². The van der Waals surface area contributed by atoms with Crippen LogP contribution in [0, 0.1) is 0 Å². The van der Waals surface area contributed by atoms with Gasteiger partial charge in [0.2, 0.25) is 0 Å². The Morgan fingerprint density at radius 1 is 0.543 bits per heavy atom. The molecule has 0 spiro atoms. The van der Waals surface area contributed by atoms with E-state index in [1.807, 2.05) is 24.3 Å². The standard InChI is InChI=1S/C28H22Cl2N2O3/c29-17-19-1-5-21(6-2-19)27(33)31-23-9-13-25(14-10-23)35-26-15-11-24(12-16-26)32-28(34)22-7-3-20(18-30)4-8-22/h1-16H,17-18H2,(H,31,33)(H,32,34). The van der Waals surface area contributed by atoms with E-state index >= 15 is 0 Å². The zero-order valence-electron chi connectivity index (χ0n) is 18.6. The summed E-state index contributed by atoms with van der Waals surface area (Å²) in [7, 11) is 0. The van der Waals surface area contributed by atoms with E-state index in [1.54, 1.807) is 72.8 Å². The Morgan fingerprint density at radius 3 is 1.20 bits per heavy atom. The number of ether oxygens (including phenoxy) is 1. The maximum atomic E-state index is 12.4. The van der Waals surface area contributed by atoms with Crippen molar-refractivity contribution >= 4 is 46.4 Å². The van der Waals surface area contributed by atoms with Crippen LogP contribution in [0.5, 0.6) is 11.5 Å². The maximum Gasteiger partial charge on any atom is 0.255 e. The third-order valence-electron chi connectivity index (χ3n) is 5.20. The first-order chi connectivity index (χ1) is 17.0. The molecule has 0 fully saturated rings. The second kappa shape index (κ2) is 11.6. The van der Waals surface area contributed by atoms with E-state index < -0.39 is 0 Å². The Hall–Kier alpha value is -3.80. The number of rotatable bonds is 8. The molecule has 0 aliphatic carbocycles. The quantitative estimate of drug-likeness (QED) is 0.244. The van der Waals surface area contributed by atoms with Crippen LogP contribution in [0.1, 0.15) is 31.8 Å². The van der Waals surface area contributed by atoms with Crippen LogP contribution < -0.4 is 15.4 Å². The summed E-state index contributed by atoms with van der Waals surface area (Å²) < 4.78 is 5.87. The predicted molar refractivity (Wildman–Crippen MR) is 141 cm³/mol. The SMILES string of the molecule is O=C(Nc1ccc(Oc2ccc(NC(=O)c3ccc(CCl)cc3)cc2)cc1)c1ccc(CCl)cc1. The van der Waals surface area contributed by atoms with Gasteiger partial charge in [0.25, 0.3) is 11.8 Å². The van der Waals surface area contributed by atoms with E-state index in [0.717, 1.165) is 11.1 Å². The average Bonchev–Trinajstić information content (AvgIpc) is 2.91. The molecule has 5 nitrogen and oxygen atoms in total. The van der Waals surface area contributed by atoms with Gasteiger partial charge in [0.15, 0.2) is 0 Å². The van der Waals surface area contributed by atoms with Crippen molar-refractivity contribution in [2.24, 2.45) is 0 Å². The van der Waals surface area contributed by atoms with Crippen LogP contribution in [0.2, 0.25) is 0 Å². The van der Waals surface area contributed by atoms with Gasteiger partial charge in [-0.15, -0.1) is 23.2 Å². The largest absolute Gasteiger partial charge is 0.457 e. The number of carbonyl (C=O) groups is 2. The summed E-state index contributed by atoms with van der Waals surface area (Å²) >= 11 is 11.6. The van der Waals surface area contributed by atoms with Crippen LogP contribution >= 0.6 is 23.2 Å². The minimum Gasteiger partial charge on any atom is -0.457 e. The number of hydrogen-bond donors (Lipinski definition) is 2. The van der Waals surface area contributed by atoms with Gasteiger partial charge >= 0.3 is 0 Å². The van der Waals surface area contributed by atoms with E-state index in [9.17, 15) is 9.59 Å². The maximum absolute atomic E-state index is 12.4. The summed E-state index contributed by atoms with van der Waals surface area (Å²) in [5, 5.41) is 5.72. The molecule has 4 rings (SSSR count). The summed E-state index contributed by atoms with van der Waals surface area (Å²) in [5.41, 5.74) is 4.33. The topological polar surface area (TPSA) is 67.4 Å². The highest BCUT2D eigenvalue weighted by Crippen LogP contribution is 2.25. The Balaban J connectivity index is 1.31. The van der Waals surface area contributed by atoms with Crippen molar-refractivity contribution in [3.63, 3.8) is 0 Å². The fourth-order valence-electron chi connectivity index (χ4n) is 3.25. The van der Waals surface area contributed by atoms with Crippen LogP contribution in [-0.2, 0) is 11.8 Å². The van der Waals surface area contributed by atoms with E-state index in [1.165, 1.54) is 0 Å². The van der Waals surface area contributed by atoms with Crippen LogP contribution in [0.3, 0.4) is 0 Å². The number of carbonyl (C=O) groups excluding carboxylic acids is 2. The molecule has 2 N–H and O–H groups in total. The molecule has 4 aromatic rings. The molecule has 0 saturated heterocycles. The van der Waals surface area contributed by atoms with Crippen molar-refractivity contribution in [2.75, 3.05) is 10.6 Å². The molecule has 0 heterocycles. The first kappa shape index (κ1) is 24.3. The Bertz CT molecular complexity index is 1190. The fraction of sp³-hybridized carbons (Fsp3) is 0.0714. The van der Waals surface area contributed by atoms with E-state index in [2.05, 4.69) is 10.6 Å². The van der Waals surface area contributed by atoms with Crippen LogP contribution in [0.15, 0.2) is 97.1 Å². The third-order valence-corrected chi connectivity index (χ3v) is 5.82. The number of hydrogen-bond acceptors (Lipinski definition) is 3. The van der Waals surface area contributed by atoms with Crippen molar-refractivity contribution in [2.45, 2.75) is 11.8 Å². The van der Waals surface area contributed by atoms with Gasteiger partial charge in [-0.2, -0.15) is 0 Å². The molecule has 0 aromatic heterocycles. The third kappa shape index (κ3) is 6.63. The molecule has 2 amide bonds. The highest BCUT2D eigenvalue weighted by Gasteiger charge is 2.08. The number of halogens is 2. The number of nitrogens with one attached hydrogen (secondary N) is 2. The second-order valence-electron chi connectivity index (χ2n) is 7.72. The molecule has 0 unspecified atom stereocenters. The molecular weight excluding hydrogens is 483 g/mol. The first-order valence-corrected chi connectivity index (χ1v) is 11.9. The molecule has 35 heavy (non-hydrogen) atoms. The number of alkyl halides is 2. The Labute approximate surface area is 213 Å². The highest BCUT2D eigenvalue weighted by atomic mass is 35.5. The lowest BCUT2D eigenvalue weighted by Crippen LogP contribution is -2.11. The van der Waals surface area contributed by atoms with Crippen LogP contribution in [0.25, 0.3) is 0 Å². The summed E-state index contributed by atoms with van der Waals surface area (Å²) in [6, 6.07) is 28.4. The van der Waals surface area contributed by atoms with Crippen LogP contribution in [0.4, 0.5) is 11.4 Å². The Kier molecular flexibility index (Phi) is 8.03. The molecule has 0 atom stereocenters. The second-order valence-corrected chi connectivity index (χ2v) is 8.25. The van der Waals surface area contributed by atoms with Crippen molar-refractivity contribution < 1.29 is 14.3 Å². The lowest BCUT2D eigenvalue weighted by atomic mass is 10.1. The smallest absolute Gasteiger partial charge is 0.255 e. The molecule has 0 bridgehead atoms. The molecule has 0 aliphatic rings. The minimum absolute atomic E-state index is 0.201. The van der Waals surface area contributed by atoms with Gasteiger partial charge in [0, 0.05) is 34.3 Å². The van der Waals surface area contributed by atoms with Crippen molar-refractivity contribution in [3.8, 4) is 11.5 Å². The number of amides is 2. The molecule has 0 saturated carbocycles. The van der Waals surface area contributed by atoms with Gasteiger partial charge in [-0.1, -0.05) is 24.3 Å². The predicted octanol–water partition coefficient (Wildman–Crippen LogP) is 7.46. The van der Waals surface area contributed by atoms with Crippen molar-refractivity contribution in [3.05, 3.63) is 119 Å². The van der Waals surface area contributed by atoms with E-state index in [-0.39, 0.29) is 11.8 Å². The molecule has 7 heteroatoms. The summed E-state index contributed by atoms with van der Waals surface area (Å²) in [6.45, 7) is 0. The highest BCUT2D eigenvalue weighted by molar-refractivity contribution is 6.17. The number of anilines is 2. The van der Waals surface area contributed by atoms with E-state index in [0.29, 0.717) is 45.8 Å². The monoisotopic (exact) mass is 504 g/mol.